The molecule has 0 aliphatic carbocycles. The number of carbonyl (C=O) groups excluding carboxylic acids is 1. The van der Waals surface area contributed by atoms with E-state index in [9.17, 15) is 4.79 Å². The molecule has 0 bridgehead atoms. The van der Waals surface area contributed by atoms with Gasteiger partial charge in [0.15, 0.2) is 0 Å². The maximum atomic E-state index is 11.4. The van der Waals surface area contributed by atoms with Crippen molar-refractivity contribution in [1.29, 1.82) is 0 Å². The molecule has 0 unspecified atom stereocenters. The summed E-state index contributed by atoms with van der Waals surface area (Å²) in [6.45, 7) is 0.0764. The van der Waals surface area contributed by atoms with Crippen LogP contribution in [0.25, 0.3) is 11.4 Å². The second-order valence-electron chi connectivity index (χ2n) is 3.99. The van der Waals surface area contributed by atoms with Gasteiger partial charge in [0.05, 0.1) is 21.3 Å². The lowest BCUT2D eigenvalue weighted by atomic mass is 10.1. The predicted molar refractivity (Wildman–Crippen MR) is 72.8 cm³/mol. The summed E-state index contributed by atoms with van der Waals surface area (Å²) < 4.78 is 17.1. The molecule has 0 saturated carbocycles. The summed E-state index contributed by atoms with van der Waals surface area (Å²) in [4.78, 5) is 15.7. The van der Waals surface area contributed by atoms with Gasteiger partial charge in [0, 0.05) is 12.4 Å². The van der Waals surface area contributed by atoms with E-state index in [1.54, 1.807) is 31.2 Å². The number of aromatic nitrogens is 2. The number of imidazole rings is 1. The first-order valence-corrected chi connectivity index (χ1v) is 6.00. The molecular weight excluding hydrogens is 260 g/mol. The molecule has 1 heterocycles. The molecule has 1 aromatic heterocycles. The Balaban J connectivity index is 2.51. The number of benzene rings is 1. The van der Waals surface area contributed by atoms with Gasteiger partial charge in [-0.2, -0.15) is 0 Å². The van der Waals surface area contributed by atoms with Crippen molar-refractivity contribution in [2.75, 3.05) is 21.3 Å². The smallest absolute Gasteiger partial charge is 0.325 e. The molecule has 6 heteroatoms. The third-order valence-electron chi connectivity index (χ3n) is 2.89. The molecule has 2 aromatic rings. The minimum absolute atomic E-state index is 0.0764. The maximum Gasteiger partial charge on any atom is 0.325 e. The topological polar surface area (TPSA) is 62.6 Å². The Hall–Kier alpha value is -2.50. The first kappa shape index (κ1) is 13.9. The molecule has 106 valence electrons. The molecule has 6 nitrogen and oxygen atoms in total. The molecule has 0 fully saturated rings. The summed E-state index contributed by atoms with van der Waals surface area (Å²) in [7, 11) is 4.50. The highest BCUT2D eigenvalue weighted by Crippen LogP contribution is 2.37. The van der Waals surface area contributed by atoms with Gasteiger partial charge in [-0.05, 0) is 12.1 Å². The molecule has 1 aromatic carbocycles. The number of rotatable bonds is 5. The van der Waals surface area contributed by atoms with Crippen molar-refractivity contribution in [3.63, 3.8) is 0 Å². The quantitative estimate of drug-likeness (QED) is 0.778. The molecule has 0 radical (unpaired) electrons. The van der Waals surface area contributed by atoms with Crippen LogP contribution in [0.1, 0.15) is 0 Å². The maximum absolute atomic E-state index is 11.4. The Kier molecular flexibility index (Phi) is 4.24. The van der Waals surface area contributed by atoms with E-state index in [2.05, 4.69) is 9.72 Å². The van der Waals surface area contributed by atoms with Crippen LogP contribution in [0.3, 0.4) is 0 Å². The number of methoxy groups -OCH3 is 3. The zero-order valence-corrected chi connectivity index (χ0v) is 11.6. The number of carbonyl (C=O) groups is 1. The van der Waals surface area contributed by atoms with Crippen LogP contribution in [-0.2, 0) is 16.1 Å². The Bertz CT molecular complexity index is 585. The van der Waals surface area contributed by atoms with E-state index in [1.165, 1.54) is 7.11 Å². The number of esters is 1. The first-order chi connectivity index (χ1) is 9.71. The molecule has 0 atom stereocenters. The van der Waals surface area contributed by atoms with E-state index in [4.69, 9.17) is 9.47 Å². The van der Waals surface area contributed by atoms with Crippen molar-refractivity contribution in [3.8, 4) is 22.9 Å². The Morgan fingerprint density at radius 1 is 1.20 bits per heavy atom. The van der Waals surface area contributed by atoms with Crippen LogP contribution in [0.15, 0.2) is 30.6 Å². The Labute approximate surface area is 116 Å². The van der Waals surface area contributed by atoms with Crippen LogP contribution >= 0.6 is 0 Å². The zero-order valence-electron chi connectivity index (χ0n) is 11.6. The molecule has 0 N–H and O–H groups in total. The lowest BCUT2D eigenvalue weighted by Crippen LogP contribution is -2.12. The SMILES string of the molecule is COC(=O)Cn1ccnc1-c1c(OC)cccc1OC. The van der Waals surface area contributed by atoms with Crippen molar-refractivity contribution in [2.24, 2.45) is 0 Å². The van der Waals surface area contributed by atoms with E-state index in [1.807, 2.05) is 18.2 Å². The molecular formula is C14H16N2O4. The van der Waals surface area contributed by atoms with Gasteiger partial charge in [0.25, 0.3) is 0 Å². The van der Waals surface area contributed by atoms with Gasteiger partial charge in [-0.1, -0.05) is 6.07 Å². The van der Waals surface area contributed by atoms with Crippen LogP contribution in [0.5, 0.6) is 11.5 Å². The van der Waals surface area contributed by atoms with E-state index in [0.29, 0.717) is 22.9 Å². The van der Waals surface area contributed by atoms with E-state index < -0.39 is 0 Å². The summed E-state index contributed by atoms with van der Waals surface area (Å²) in [5.41, 5.74) is 0.700. The van der Waals surface area contributed by atoms with Crippen LogP contribution in [0.2, 0.25) is 0 Å². The zero-order chi connectivity index (χ0) is 14.5. The van der Waals surface area contributed by atoms with Gasteiger partial charge >= 0.3 is 5.97 Å². The van der Waals surface area contributed by atoms with Gasteiger partial charge in [0.2, 0.25) is 0 Å². The predicted octanol–water partition coefficient (Wildman–Crippen LogP) is 1.74. The average Bonchev–Trinajstić information content (AvgIpc) is 2.93. The standard InChI is InChI=1S/C14H16N2O4/c1-18-10-5-4-6-11(19-2)13(10)14-15-7-8-16(14)9-12(17)20-3/h4-8H,9H2,1-3H3. The summed E-state index contributed by atoms with van der Waals surface area (Å²) in [5, 5.41) is 0. The van der Waals surface area contributed by atoms with Crippen LogP contribution in [0.4, 0.5) is 0 Å². The van der Waals surface area contributed by atoms with Crippen LogP contribution in [-0.4, -0.2) is 36.8 Å². The van der Waals surface area contributed by atoms with Gasteiger partial charge in [-0.3, -0.25) is 4.79 Å². The largest absolute Gasteiger partial charge is 0.496 e. The van der Waals surface area contributed by atoms with Crippen molar-refractivity contribution in [1.82, 2.24) is 9.55 Å². The summed E-state index contributed by atoms with van der Waals surface area (Å²) >= 11 is 0. The normalized spacial score (nSPS) is 10.2. The lowest BCUT2D eigenvalue weighted by molar-refractivity contribution is -0.141. The Morgan fingerprint density at radius 3 is 2.40 bits per heavy atom. The Morgan fingerprint density at radius 2 is 1.85 bits per heavy atom. The van der Waals surface area contributed by atoms with Crippen molar-refractivity contribution < 1.29 is 19.0 Å². The van der Waals surface area contributed by atoms with Crippen molar-refractivity contribution in [3.05, 3.63) is 30.6 Å². The second kappa shape index (κ2) is 6.10. The fraction of sp³-hybridized carbons (Fsp3) is 0.286. The average molecular weight is 276 g/mol. The van der Waals surface area contributed by atoms with E-state index in [0.717, 1.165) is 0 Å². The summed E-state index contributed by atoms with van der Waals surface area (Å²) in [6.07, 6.45) is 3.32. The minimum Gasteiger partial charge on any atom is -0.496 e. The number of nitrogens with zero attached hydrogens (tertiary/aromatic N) is 2. The molecule has 0 amide bonds. The lowest BCUT2D eigenvalue weighted by Gasteiger charge is -2.13. The number of ether oxygens (including phenoxy) is 3. The van der Waals surface area contributed by atoms with Crippen LogP contribution in [0, 0.1) is 0 Å². The highest BCUT2D eigenvalue weighted by Gasteiger charge is 2.18. The first-order valence-electron chi connectivity index (χ1n) is 6.00. The molecule has 20 heavy (non-hydrogen) atoms. The summed E-state index contributed by atoms with van der Waals surface area (Å²) in [5.74, 6) is 1.49. The van der Waals surface area contributed by atoms with Crippen LogP contribution < -0.4 is 9.47 Å². The van der Waals surface area contributed by atoms with Gasteiger partial charge in [0.1, 0.15) is 29.4 Å². The van der Waals surface area contributed by atoms with E-state index >= 15 is 0 Å². The molecule has 2 rings (SSSR count). The molecule has 0 saturated heterocycles. The van der Waals surface area contributed by atoms with E-state index in [-0.39, 0.29) is 12.5 Å². The van der Waals surface area contributed by atoms with Gasteiger partial charge in [-0.15, -0.1) is 0 Å². The van der Waals surface area contributed by atoms with Crippen molar-refractivity contribution >= 4 is 5.97 Å². The molecule has 0 aliphatic rings. The molecule has 0 spiro atoms. The highest BCUT2D eigenvalue weighted by atomic mass is 16.5. The summed E-state index contributed by atoms with van der Waals surface area (Å²) in [6, 6.07) is 5.46. The minimum atomic E-state index is -0.349. The number of hydrogen-bond acceptors (Lipinski definition) is 5. The van der Waals surface area contributed by atoms with Gasteiger partial charge < -0.3 is 18.8 Å². The second-order valence-corrected chi connectivity index (χ2v) is 3.99. The third-order valence-corrected chi connectivity index (χ3v) is 2.89. The third kappa shape index (κ3) is 2.59. The number of hydrogen-bond donors (Lipinski definition) is 0. The van der Waals surface area contributed by atoms with Gasteiger partial charge in [-0.25, -0.2) is 4.98 Å². The fourth-order valence-corrected chi connectivity index (χ4v) is 1.94. The fourth-order valence-electron chi connectivity index (χ4n) is 1.94. The monoisotopic (exact) mass is 276 g/mol. The highest BCUT2D eigenvalue weighted by molar-refractivity contribution is 5.74. The molecule has 0 aliphatic heterocycles. The van der Waals surface area contributed by atoms with Crippen molar-refractivity contribution in [2.45, 2.75) is 6.54 Å².